The molecule has 0 aliphatic carbocycles. The molecule has 0 saturated carbocycles. The van der Waals surface area contributed by atoms with E-state index in [2.05, 4.69) is 45.0 Å². The third-order valence-corrected chi connectivity index (χ3v) is 3.56. The predicted molar refractivity (Wildman–Crippen MR) is 68.2 cm³/mol. The van der Waals surface area contributed by atoms with Crippen LogP contribution in [0.4, 0.5) is 0 Å². The number of benzene rings is 1. The average molecular weight is 224 g/mol. The lowest BCUT2D eigenvalue weighted by Gasteiger charge is -2.25. The maximum Gasteiger partial charge on any atom is 0.0444 e. The second kappa shape index (κ2) is 5.57. The van der Waals surface area contributed by atoms with E-state index in [1.54, 1.807) is 0 Å². The fraction of sp³-hybridized carbons (Fsp3) is 0.538. The van der Waals surface area contributed by atoms with E-state index in [0.29, 0.717) is 5.25 Å². The molecule has 1 rings (SSSR count). The second-order valence-corrected chi connectivity index (χ2v) is 6.67. The zero-order valence-corrected chi connectivity index (χ0v) is 10.6. The highest BCUT2D eigenvalue weighted by Gasteiger charge is 2.19. The molecule has 1 N–H and O–H groups in total. The smallest absolute Gasteiger partial charge is 0.0444 e. The molecule has 1 nitrogen and oxygen atoms in total. The largest absolute Gasteiger partial charge is 0.396 e. The monoisotopic (exact) mass is 224 g/mol. The standard InChI is InChI=1S/C13H20OS/c1-13(2,3)15-12(9-10-14)11-7-5-4-6-8-11/h4-8,12,14H,9-10H2,1-3H3/t12-/m0/s1. The van der Waals surface area contributed by atoms with Crippen LogP contribution in [0.5, 0.6) is 0 Å². The number of thioether (sulfide) groups is 1. The Bertz CT molecular complexity index is 276. The first-order chi connectivity index (χ1) is 7.03. The molecule has 1 aromatic carbocycles. The van der Waals surface area contributed by atoms with Crippen LogP contribution in [-0.4, -0.2) is 16.5 Å². The highest BCUT2D eigenvalue weighted by atomic mass is 32.2. The summed E-state index contributed by atoms with van der Waals surface area (Å²) >= 11 is 1.92. The predicted octanol–water partition coefficient (Wildman–Crippen LogP) is 3.64. The Morgan fingerprint density at radius 1 is 1.20 bits per heavy atom. The van der Waals surface area contributed by atoms with Crippen LogP contribution >= 0.6 is 11.8 Å². The third-order valence-electron chi connectivity index (χ3n) is 2.06. The van der Waals surface area contributed by atoms with Gasteiger partial charge in [-0.15, -0.1) is 11.8 Å². The summed E-state index contributed by atoms with van der Waals surface area (Å²) in [5, 5.41) is 9.48. The Balaban J connectivity index is 2.75. The van der Waals surface area contributed by atoms with Gasteiger partial charge in [-0.3, -0.25) is 0 Å². The molecule has 1 aromatic rings. The van der Waals surface area contributed by atoms with E-state index in [0.717, 1.165) is 6.42 Å². The Labute approximate surface area is 96.9 Å². The summed E-state index contributed by atoms with van der Waals surface area (Å²) in [5.74, 6) is 0. The molecule has 1 atom stereocenters. The number of rotatable bonds is 4. The summed E-state index contributed by atoms with van der Waals surface area (Å²) < 4.78 is 0.232. The van der Waals surface area contributed by atoms with Gasteiger partial charge in [0.05, 0.1) is 0 Å². The molecular formula is C13H20OS. The highest BCUT2D eigenvalue weighted by Crippen LogP contribution is 2.40. The van der Waals surface area contributed by atoms with Crippen molar-refractivity contribution in [3.63, 3.8) is 0 Å². The Morgan fingerprint density at radius 3 is 2.27 bits per heavy atom. The molecule has 2 heteroatoms. The molecule has 0 heterocycles. The molecule has 0 aliphatic rings. The topological polar surface area (TPSA) is 20.2 Å². The van der Waals surface area contributed by atoms with Crippen LogP contribution in [0.15, 0.2) is 30.3 Å². The minimum absolute atomic E-state index is 0.232. The van der Waals surface area contributed by atoms with E-state index in [4.69, 9.17) is 5.11 Å². The van der Waals surface area contributed by atoms with E-state index in [1.807, 2.05) is 17.8 Å². The van der Waals surface area contributed by atoms with Crippen LogP contribution in [0, 0.1) is 0 Å². The molecule has 0 fully saturated rings. The highest BCUT2D eigenvalue weighted by molar-refractivity contribution is 8.00. The zero-order chi connectivity index (χ0) is 11.3. The van der Waals surface area contributed by atoms with E-state index >= 15 is 0 Å². The summed E-state index contributed by atoms with van der Waals surface area (Å²) in [6.07, 6.45) is 0.825. The van der Waals surface area contributed by atoms with Crippen molar-refractivity contribution in [3.05, 3.63) is 35.9 Å². The normalized spacial score (nSPS) is 13.9. The number of aliphatic hydroxyl groups is 1. The van der Waals surface area contributed by atoms with Crippen LogP contribution in [0.25, 0.3) is 0 Å². The van der Waals surface area contributed by atoms with Gasteiger partial charge in [0.25, 0.3) is 0 Å². The maximum absolute atomic E-state index is 9.08. The molecule has 0 saturated heterocycles. The van der Waals surface area contributed by atoms with Crippen molar-refractivity contribution < 1.29 is 5.11 Å². The first kappa shape index (κ1) is 12.6. The quantitative estimate of drug-likeness (QED) is 0.842. The van der Waals surface area contributed by atoms with Crippen LogP contribution in [0.2, 0.25) is 0 Å². The van der Waals surface area contributed by atoms with Gasteiger partial charge in [0.15, 0.2) is 0 Å². The SMILES string of the molecule is CC(C)(C)S[C@@H](CCO)c1ccccc1. The third kappa shape index (κ3) is 4.72. The lowest BCUT2D eigenvalue weighted by Crippen LogP contribution is -2.12. The lowest BCUT2D eigenvalue weighted by atomic mass is 10.1. The number of hydrogen-bond donors (Lipinski definition) is 1. The van der Waals surface area contributed by atoms with Gasteiger partial charge in [0.2, 0.25) is 0 Å². The van der Waals surface area contributed by atoms with E-state index in [1.165, 1.54) is 5.56 Å². The van der Waals surface area contributed by atoms with Crippen LogP contribution in [-0.2, 0) is 0 Å². The Kier molecular flexibility index (Phi) is 4.68. The van der Waals surface area contributed by atoms with Crippen molar-refractivity contribution in [3.8, 4) is 0 Å². The molecule has 0 bridgehead atoms. The summed E-state index contributed by atoms with van der Waals surface area (Å²) in [6.45, 7) is 6.89. The van der Waals surface area contributed by atoms with Crippen molar-refractivity contribution in [1.82, 2.24) is 0 Å². The molecule has 0 amide bonds. The number of hydrogen-bond acceptors (Lipinski definition) is 2. The molecule has 84 valence electrons. The van der Waals surface area contributed by atoms with Crippen LogP contribution < -0.4 is 0 Å². The maximum atomic E-state index is 9.08. The van der Waals surface area contributed by atoms with Crippen molar-refractivity contribution >= 4 is 11.8 Å². The summed E-state index contributed by atoms with van der Waals surface area (Å²) in [7, 11) is 0. The van der Waals surface area contributed by atoms with Crippen molar-refractivity contribution in [2.75, 3.05) is 6.61 Å². The molecular weight excluding hydrogens is 204 g/mol. The fourth-order valence-corrected chi connectivity index (χ4v) is 2.88. The fourth-order valence-electron chi connectivity index (χ4n) is 1.51. The average Bonchev–Trinajstić information content (AvgIpc) is 2.17. The van der Waals surface area contributed by atoms with Gasteiger partial charge in [-0.2, -0.15) is 0 Å². The Hall–Kier alpha value is -0.470. The van der Waals surface area contributed by atoms with E-state index < -0.39 is 0 Å². The number of aliphatic hydroxyl groups excluding tert-OH is 1. The van der Waals surface area contributed by atoms with Gasteiger partial charge in [-0.1, -0.05) is 51.1 Å². The molecule has 15 heavy (non-hydrogen) atoms. The van der Waals surface area contributed by atoms with Gasteiger partial charge < -0.3 is 5.11 Å². The first-order valence-corrected chi connectivity index (χ1v) is 6.24. The molecule has 0 unspecified atom stereocenters. The minimum Gasteiger partial charge on any atom is -0.396 e. The van der Waals surface area contributed by atoms with E-state index in [9.17, 15) is 0 Å². The van der Waals surface area contributed by atoms with Gasteiger partial charge in [-0.05, 0) is 12.0 Å². The minimum atomic E-state index is 0.232. The van der Waals surface area contributed by atoms with Gasteiger partial charge in [0.1, 0.15) is 0 Å². The van der Waals surface area contributed by atoms with E-state index in [-0.39, 0.29) is 11.4 Å². The van der Waals surface area contributed by atoms with Crippen molar-refractivity contribution in [2.24, 2.45) is 0 Å². The molecule has 0 radical (unpaired) electrons. The van der Waals surface area contributed by atoms with Gasteiger partial charge in [0, 0.05) is 16.6 Å². The van der Waals surface area contributed by atoms with Crippen molar-refractivity contribution in [2.45, 2.75) is 37.2 Å². The molecule has 0 aromatic heterocycles. The Morgan fingerprint density at radius 2 is 1.80 bits per heavy atom. The van der Waals surface area contributed by atoms with Crippen LogP contribution in [0.1, 0.15) is 38.0 Å². The summed E-state index contributed by atoms with van der Waals surface area (Å²) in [6, 6.07) is 10.4. The lowest BCUT2D eigenvalue weighted by molar-refractivity contribution is 0.287. The zero-order valence-electron chi connectivity index (χ0n) is 9.73. The second-order valence-electron chi connectivity index (χ2n) is 4.64. The van der Waals surface area contributed by atoms with Crippen LogP contribution in [0.3, 0.4) is 0 Å². The van der Waals surface area contributed by atoms with Crippen molar-refractivity contribution in [1.29, 1.82) is 0 Å². The van der Waals surface area contributed by atoms with Gasteiger partial charge in [-0.25, -0.2) is 0 Å². The van der Waals surface area contributed by atoms with Gasteiger partial charge >= 0.3 is 0 Å². The molecule has 0 spiro atoms. The molecule has 0 aliphatic heterocycles. The summed E-state index contributed by atoms with van der Waals surface area (Å²) in [5.41, 5.74) is 1.31. The summed E-state index contributed by atoms with van der Waals surface area (Å²) in [4.78, 5) is 0. The first-order valence-electron chi connectivity index (χ1n) is 5.36.